The summed E-state index contributed by atoms with van der Waals surface area (Å²) in [4.78, 5) is 4.21. The van der Waals surface area contributed by atoms with Crippen LogP contribution in [-0.4, -0.2) is 4.98 Å². The van der Waals surface area contributed by atoms with Crippen LogP contribution < -0.4 is 4.74 Å². The van der Waals surface area contributed by atoms with E-state index in [4.69, 9.17) is 16.3 Å². The Balaban J connectivity index is 1.50. The van der Waals surface area contributed by atoms with E-state index in [1.54, 1.807) is 12.3 Å². The molecule has 0 saturated carbocycles. The quantitative estimate of drug-likeness (QED) is 0.233. The minimum absolute atomic E-state index is 0.0281. The maximum absolute atomic E-state index is 15.2. The van der Waals surface area contributed by atoms with Crippen LogP contribution in [0.1, 0.15) is 29.2 Å². The minimum Gasteiger partial charge on any atom is -0.473 e. The second-order valence-corrected chi connectivity index (χ2v) is 9.84. The Morgan fingerprint density at radius 3 is 2.26 bits per heavy atom. The van der Waals surface area contributed by atoms with Gasteiger partial charge in [-0.05, 0) is 77.4 Å². The van der Waals surface area contributed by atoms with E-state index in [2.05, 4.69) is 11.9 Å². The lowest BCUT2D eigenvalue weighted by Gasteiger charge is -2.17. The van der Waals surface area contributed by atoms with Crippen LogP contribution in [0.5, 0.6) is 5.88 Å². The molecule has 5 rings (SSSR count). The van der Waals surface area contributed by atoms with Gasteiger partial charge in [0.2, 0.25) is 5.88 Å². The summed E-state index contributed by atoms with van der Waals surface area (Å²) in [6, 6.07) is 10.1. The van der Waals surface area contributed by atoms with E-state index < -0.39 is 46.9 Å². The molecule has 3 aromatic carbocycles. The number of fused-ring (bicyclic) bond motifs is 1. The summed E-state index contributed by atoms with van der Waals surface area (Å²) >= 11 is 5.76. The van der Waals surface area contributed by atoms with E-state index in [0.29, 0.717) is 12.0 Å². The molecule has 0 spiro atoms. The lowest BCUT2D eigenvalue weighted by Crippen LogP contribution is -2.11. The van der Waals surface area contributed by atoms with Gasteiger partial charge in [-0.3, -0.25) is 0 Å². The van der Waals surface area contributed by atoms with Gasteiger partial charge in [-0.25, -0.2) is 18.2 Å². The molecule has 1 aliphatic carbocycles. The molecule has 2 nitrogen and oxygen atoms in total. The summed E-state index contributed by atoms with van der Waals surface area (Å²) in [6.07, 6.45) is -1.53. The lowest BCUT2D eigenvalue weighted by molar-refractivity contribution is -0.137. The first-order chi connectivity index (χ1) is 18.0. The maximum Gasteiger partial charge on any atom is 0.417 e. The van der Waals surface area contributed by atoms with Crippen molar-refractivity contribution in [1.82, 2.24) is 4.98 Å². The molecule has 0 amide bonds. The number of ether oxygens (including phenoxy) is 1. The molecule has 1 aliphatic rings. The van der Waals surface area contributed by atoms with Gasteiger partial charge in [-0.1, -0.05) is 30.7 Å². The van der Waals surface area contributed by atoms with Crippen LogP contribution in [0.15, 0.2) is 60.8 Å². The normalized spacial score (nSPS) is 15.0. The van der Waals surface area contributed by atoms with Crippen molar-refractivity contribution in [1.29, 1.82) is 0 Å². The molecule has 0 aliphatic heterocycles. The second kappa shape index (κ2) is 9.98. The maximum atomic E-state index is 15.2. The summed E-state index contributed by atoms with van der Waals surface area (Å²) in [5, 5.41) is 0.142. The number of rotatable bonds is 5. The standard InChI is InChI=1S/C29H20ClF6NO/c1-15-6-17-10-28(37-13-18(17)7-15)38-14-19-8-23(24(12-25(19)31)29(34,35)36)22-4-2-16(9-26(22)32)21-5-3-20(30)11-27(21)33/h2-5,8-13,15H,6-7,14H2,1H3. The zero-order valence-corrected chi connectivity index (χ0v) is 20.7. The average molecular weight is 548 g/mol. The highest BCUT2D eigenvalue weighted by molar-refractivity contribution is 6.30. The Morgan fingerprint density at radius 2 is 1.55 bits per heavy atom. The van der Waals surface area contributed by atoms with Crippen LogP contribution in [0.25, 0.3) is 22.3 Å². The number of halogens is 7. The fourth-order valence-electron chi connectivity index (χ4n) is 4.74. The van der Waals surface area contributed by atoms with E-state index in [1.165, 1.54) is 18.2 Å². The number of hydrogen-bond donors (Lipinski definition) is 0. The predicted octanol–water partition coefficient (Wildman–Crippen LogP) is 8.82. The van der Waals surface area contributed by atoms with Gasteiger partial charge < -0.3 is 4.74 Å². The van der Waals surface area contributed by atoms with E-state index >= 15 is 4.39 Å². The molecule has 0 radical (unpaired) electrons. The van der Waals surface area contributed by atoms with Crippen molar-refractivity contribution in [3.8, 4) is 28.1 Å². The monoisotopic (exact) mass is 547 g/mol. The fraction of sp³-hybridized carbons (Fsp3) is 0.207. The van der Waals surface area contributed by atoms with Gasteiger partial charge in [-0.2, -0.15) is 13.2 Å². The van der Waals surface area contributed by atoms with E-state index in [9.17, 15) is 22.0 Å². The van der Waals surface area contributed by atoms with Crippen molar-refractivity contribution < 1.29 is 31.1 Å². The number of hydrogen-bond acceptors (Lipinski definition) is 2. The highest BCUT2D eigenvalue weighted by atomic mass is 35.5. The number of pyridine rings is 1. The summed E-state index contributed by atoms with van der Waals surface area (Å²) in [6.45, 7) is 1.70. The van der Waals surface area contributed by atoms with Crippen molar-refractivity contribution in [2.45, 2.75) is 32.5 Å². The van der Waals surface area contributed by atoms with E-state index in [-0.39, 0.29) is 27.6 Å². The Hall–Kier alpha value is -3.52. The molecular weight excluding hydrogens is 528 g/mol. The van der Waals surface area contributed by atoms with Gasteiger partial charge in [0.25, 0.3) is 0 Å². The van der Waals surface area contributed by atoms with E-state index in [0.717, 1.165) is 48.2 Å². The van der Waals surface area contributed by atoms with Gasteiger partial charge in [0.15, 0.2) is 0 Å². The fourth-order valence-corrected chi connectivity index (χ4v) is 4.90. The highest BCUT2D eigenvalue weighted by Gasteiger charge is 2.35. The Morgan fingerprint density at radius 1 is 0.842 bits per heavy atom. The Kier molecular flexibility index (Phi) is 6.86. The number of alkyl halides is 3. The summed E-state index contributed by atoms with van der Waals surface area (Å²) in [5.74, 6) is -2.20. The number of nitrogens with zero attached hydrogens (tertiary/aromatic N) is 1. The zero-order valence-electron chi connectivity index (χ0n) is 20.0. The van der Waals surface area contributed by atoms with Crippen LogP contribution in [0, 0.1) is 23.4 Å². The molecule has 1 unspecified atom stereocenters. The highest BCUT2D eigenvalue weighted by Crippen LogP contribution is 2.40. The second-order valence-electron chi connectivity index (χ2n) is 9.40. The third-order valence-electron chi connectivity index (χ3n) is 6.56. The van der Waals surface area contributed by atoms with Crippen molar-refractivity contribution >= 4 is 11.6 Å². The molecule has 0 saturated heterocycles. The van der Waals surface area contributed by atoms with E-state index in [1.807, 2.05) is 0 Å². The molecule has 1 atom stereocenters. The molecule has 4 aromatic rings. The topological polar surface area (TPSA) is 22.1 Å². The van der Waals surface area contributed by atoms with Crippen molar-refractivity contribution in [2.75, 3.05) is 0 Å². The van der Waals surface area contributed by atoms with Gasteiger partial charge in [-0.15, -0.1) is 0 Å². The first-order valence-electron chi connectivity index (χ1n) is 11.7. The van der Waals surface area contributed by atoms with Crippen molar-refractivity contribution in [3.63, 3.8) is 0 Å². The van der Waals surface area contributed by atoms with Crippen LogP contribution >= 0.6 is 11.6 Å². The minimum atomic E-state index is -4.96. The number of aromatic nitrogens is 1. The molecule has 38 heavy (non-hydrogen) atoms. The third-order valence-corrected chi connectivity index (χ3v) is 6.80. The Bertz CT molecular complexity index is 1530. The molecule has 1 aromatic heterocycles. The molecule has 1 heterocycles. The molecular formula is C29H20ClF6NO. The summed E-state index contributed by atoms with van der Waals surface area (Å²) in [7, 11) is 0. The van der Waals surface area contributed by atoms with Crippen molar-refractivity contribution in [2.24, 2.45) is 5.92 Å². The summed E-state index contributed by atoms with van der Waals surface area (Å²) < 4.78 is 91.4. The van der Waals surface area contributed by atoms with Crippen LogP contribution in [-0.2, 0) is 25.6 Å². The molecule has 9 heteroatoms. The van der Waals surface area contributed by atoms with Gasteiger partial charge in [0.05, 0.1) is 5.56 Å². The summed E-state index contributed by atoms with van der Waals surface area (Å²) in [5.41, 5.74) is -0.212. The SMILES string of the molecule is CC1Cc2cnc(OCc3cc(-c4ccc(-c5ccc(Cl)cc5F)cc4F)c(C(F)(F)F)cc3F)cc2C1. The molecule has 196 valence electrons. The first-order valence-corrected chi connectivity index (χ1v) is 12.1. The van der Waals surface area contributed by atoms with Crippen molar-refractivity contribution in [3.05, 3.63) is 106 Å². The molecule has 0 bridgehead atoms. The molecule has 0 fully saturated rings. The van der Waals surface area contributed by atoms with Gasteiger partial charge in [0, 0.05) is 34.0 Å². The smallest absolute Gasteiger partial charge is 0.417 e. The predicted molar refractivity (Wildman–Crippen MR) is 132 cm³/mol. The lowest BCUT2D eigenvalue weighted by atomic mass is 9.94. The third kappa shape index (κ3) is 5.23. The molecule has 0 N–H and O–H groups in total. The van der Waals surface area contributed by atoms with Gasteiger partial charge >= 0.3 is 6.18 Å². The van der Waals surface area contributed by atoms with Crippen LogP contribution in [0.3, 0.4) is 0 Å². The average Bonchev–Trinajstić information content (AvgIpc) is 3.22. The zero-order chi connectivity index (χ0) is 27.2. The van der Waals surface area contributed by atoms with Crippen LogP contribution in [0.4, 0.5) is 26.3 Å². The first kappa shape index (κ1) is 26.1. The van der Waals surface area contributed by atoms with Gasteiger partial charge in [0.1, 0.15) is 24.1 Å². The largest absolute Gasteiger partial charge is 0.473 e. The Labute approximate surface area is 219 Å². The van der Waals surface area contributed by atoms with Crippen LogP contribution in [0.2, 0.25) is 5.02 Å². The number of benzene rings is 3.